The van der Waals surface area contributed by atoms with Crippen molar-refractivity contribution in [2.75, 3.05) is 20.1 Å². The first kappa shape index (κ1) is 15.7. The molecule has 2 aromatic carbocycles. The Bertz CT molecular complexity index is 863. The van der Waals surface area contributed by atoms with Crippen LogP contribution in [-0.2, 0) is 19.4 Å². The SMILES string of the molecule is CN=C(NCCc1nc2ccccc2[nH]1)N1CCc2ccccc2C1. The molecule has 0 amide bonds. The molecule has 1 aliphatic heterocycles. The molecule has 2 N–H and O–H groups in total. The van der Waals surface area contributed by atoms with E-state index in [4.69, 9.17) is 0 Å². The van der Waals surface area contributed by atoms with E-state index >= 15 is 0 Å². The van der Waals surface area contributed by atoms with Gasteiger partial charge >= 0.3 is 0 Å². The lowest BCUT2D eigenvalue weighted by Gasteiger charge is -2.31. The lowest BCUT2D eigenvalue weighted by molar-refractivity contribution is 0.379. The van der Waals surface area contributed by atoms with Crippen LogP contribution in [0.4, 0.5) is 0 Å². The molecule has 5 nitrogen and oxygen atoms in total. The molecule has 0 saturated heterocycles. The first-order valence-corrected chi connectivity index (χ1v) is 8.79. The van der Waals surface area contributed by atoms with Gasteiger partial charge in [0.2, 0.25) is 0 Å². The molecule has 2 heterocycles. The minimum absolute atomic E-state index is 0.810. The Morgan fingerprint density at radius 2 is 1.96 bits per heavy atom. The summed E-state index contributed by atoms with van der Waals surface area (Å²) < 4.78 is 0. The van der Waals surface area contributed by atoms with E-state index in [-0.39, 0.29) is 0 Å². The predicted octanol–water partition coefficient (Wildman–Crippen LogP) is 2.74. The summed E-state index contributed by atoms with van der Waals surface area (Å²) in [5.41, 5.74) is 4.97. The summed E-state index contributed by atoms with van der Waals surface area (Å²) in [5.74, 6) is 1.97. The van der Waals surface area contributed by atoms with E-state index in [9.17, 15) is 0 Å². The summed E-state index contributed by atoms with van der Waals surface area (Å²) in [6, 6.07) is 16.8. The molecule has 0 saturated carbocycles. The Kier molecular flexibility index (Phi) is 4.37. The molecule has 1 aliphatic rings. The van der Waals surface area contributed by atoms with E-state index in [0.717, 1.165) is 55.3 Å². The Balaban J connectivity index is 1.36. The molecule has 0 unspecified atom stereocenters. The number of para-hydroxylation sites is 2. The molecular weight excluding hydrogens is 310 g/mol. The van der Waals surface area contributed by atoms with Gasteiger partial charge in [-0.1, -0.05) is 36.4 Å². The van der Waals surface area contributed by atoms with Crippen LogP contribution in [0.3, 0.4) is 0 Å². The van der Waals surface area contributed by atoms with E-state index in [1.165, 1.54) is 11.1 Å². The fourth-order valence-corrected chi connectivity index (χ4v) is 3.43. The van der Waals surface area contributed by atoms with Crippen LogP contribution in [0.1, 0.15) is 17.0 Å². The molecule has 3 aromatic rings. The number of fused-ring (bicyclic) bond motifs is 2. The van der Waals surface area contributed by atoms with E-state index < -0.39 is 0 Å². The Labute approximate surface area is 147 Å². The zero-order valence-electron chi connectivity index (χ0n) is 14.5. The maximum Gasteiger partial charge on any atom is 0.193 e. The van der Waals surface area contributed by atoms with Gasteiger partial charge in [-0.3, -0.25) is 4.99 Å². The Morgan fingerprint density at radius 3 is 2.80 bits per heavy atom. The van der Waals surface area contributed by atoms with Gasteiger partial charge in [0.1, 0.15) is 5.82 Å². The molecular formula is C20H23N5. The van der Waals surface area contributed by atoms with Crippen LogP contribution in [0, 0.1) is 0 Å². The van der Waals surface area contributed by atoms with Gasteiger partial charge in [-0.2, -0.15) is 0 Å². The quantitative estimate of drug-likeness (QED) is 0.572. The number of hydrogen-bond acceptors (Lipinski definition) is 2. The summed E-state index contributed by atoms with van der Waals surface area (Å²) >= 11 is 0. The van der Waals surface area contributed by atoms with Gasteiger partial charge in [0.05, 0.1) is 11.0 Å². The fraction of sp³-hybridized carbons (Fsp3) is 0.300. The van der Waals surface area contributed by atoms with Crippen LogP contribution >= 0.6 is 0 Å². The highest BCUT2D eigenvalue weighted by atomic mass is 15.3. The monoisotopic (exact) mass is 333 g/mol. The number of aromatic nitrogens is 2. The third-order valence-corrected chi connectivity index (χ3v) is 4.73. The van der Waals surface area contributed by atoms with Gasteiger partial charge in [0.15, 0.2) is 5.96 Å². The Hall–Kier alpha value is -2.82. The number of guanidine groups is 1. The molecule has 25 heavy (non-hydrogen) atoms. The number of nitrogens with zero attached hydrogens (tertiary/aromatic N) is 3. The van der Waals surface area contributed by atoms with Crippen molar-refractivity contribution >= 4 is 17.0 Å². The smallest absolute Gasteiger partial charge is 0.193 e. The van der Waals surface area contributed by atoms with E-state index in [2.05, 4.69) is 55.5 Å². The summed E-state index contributed by atoms with van der Waals surface area (Å²) in [4.78, 5) is 14.8. The maximum atomic E-state index is 4.63. The van der Waals surface area contributed by atoms with Gasteiger partial charge < -0.3 is 15.2 Å². The van der Waals surface area contributed by atoms with Crippen molar-refractivity contribution in [1.82, 2.24) is 20.2 Å². The zero-order valence-corrected chi connectivity index (χ0v) is 14.5. The van der Waals surface area contributed by atoms with Gasteiger partial charge in [-0.05, 0) is 29.7 Å². The van der Waals surface area contributed by atoms with Gasteiger partial charge in [0, 0.05) is 33.1 Å². The standard InChI is InChI=1S/C20H23N5/c1-21-20(25-13-11-15-6-2-3-7-16(15)14-25)22-12-10-19-23-17-8-4-5-9-18(17)24-19/h2-9H,10-14H2,1H3,(H,21,22)(H,23,24). The van der Waals surface area contributed by atoms with Crippen molar-refractivity contribution in [2.24, 2.45) is 4.99 Å². The number of imidazole rings is 1. The van der Waals surface area contributed by atoms with Crippen molar-refractivity contribution in [1.29, 1.82) is 0 Å². The molecule has 0 aliphatic carbocycles. The maximum absolute atomic E-state index is 4.63. The first-order chi connectivity index (χ1) is 12.3. The second-order valence-electron chi connectivity index (χ2n) is 6.36. The number of aromatic amines is 1. The summed E-state index contributed by atoms with van der Waals surface area (Å²) in [5, 5.41) is 3.48. The molecule has 0 spiro atoms. The largest absolute Gasteiger partial charge is 0.356 e. The second kappa shape index (κ2) is 6.97. The highest BCUT2D eigenvalue weighted by Crippen LogP contribution is 2.18. The van der Waals surface area contributed by atoms with Gasteiger partial charge in [-0.15, -0.1) is 0 Å². The molecule has 5 heteroatoms. The van der Waals surface area contributed by atoms with Crippen LogP contribution in [0.2, 0.25) is 0 Å². The number of rotatable bonds is 3. The third kappa shape index (κ3) is 3.36. The lowest BCUT2D eigenvalue weighted by Crippen LogP contribution is -2.44. The van der Waals surface area contributed by atoms with E-state index in [0.29, 0.717) is 0 Å². The van der Waals surface area contributed by atoms with Crippen molar-refractivity contribution in [3.05, 3.63) is 65.5 Å². The predicted molar refractivity (Wildman–Crippen MR) is 102 cm³/mol. The third-order valence-electron chi connectivity index (χ3n) is 4.73. The average Bonchev–Trinajstić information content (AvgIpc) is 3.08. The van der Waals surface area contributed by atoms with Crippen molar-refractivity contribution in [2.45, 2.75) is 19.4 Å². The highest BCUT2D eigenvalue weighted by Gasteiger charge is 2.18. The molecule has 4 rings (SSSR count). The summed E-state index contributed by atoms with van der Waals surface area (Å²) in [6.07, 6.45) is 1.92. The van der Waals surface area contributed by atoms with Crippen LogP contribution in [0.25, 0.3) is 11.0 Å². The van der Waals surface area contributed by atoms with Crippen LogP contribution in [-0.4, -0.2) is 41.0 Å². The molecule has 0 fully saturated rings. The van der Waals surface area contributed by atoms with Crippen molar-refractivity contribution < 1.29 is 0 Å². The number of benzene rings is 2. The van der Waals surface area contributed by atoms with Crippen LogP contribution in [0.5, 0.6) is 0 Å². The fourth-order valence-electron chi connectivity index (χ4n) is 3.43. The van der Waals surface area contributed by atoms with E-state index in [1.807, 2.05) is 25.2 Å². The lowest BCUT2D eigenvalue weighted by atomic mass is 10.0. The zero-order chi connectivity index (χ0) is 17.1. The Morgan fingerprint density at radius 1 is 1.16 bits per heavy atom. The van der Waals surface area contributed by atoms with Crippen LogP contribution < -0.4 is 5.32 Å². The molecule has 0 radical (unpaired) electrons. The minimum atomic E-state index is 0.810. The number of H-pyrrole nitrogens is 1. The second-order valence-corrected chi connectivity index (χ2v) is 6.36. The van der Waals surface area contributed by atoms with Crippen molar-refractivity contribution in [3.8, 4) is 0 Å². The van der Waals surface area contributed by atoms with Crippen molar-refractivity contribution in [3.63, 3.8) is 0 Å². The molecule has 1 aromatic heterocycles. The van der Waals surface area contributed by atoms with Gasteiger partial charge in [0.25, 0.3) is 0 Å². The molecule has 0 atom stereocenters. The average molecular weight is 333 g/mol. The number of hydrogen-bond donors (Lipinski definition) is 2. The number of aliphatic imine (C=N–C) groups is 1. The highest BCUT2D eigenvalue weighted by molar-refractivity contribution is 5.80. The number of nitrogens with one attached hydrogen (secondary N) is 2. The van der Waals surface area contributed by atoms with Crippen LogP contribution in [0.15, 0.2) is 53.5 Å². The van der Waals surface area contributed by atoms with Gasteiger partial charge in [-0.25, -0.2) is 4.98 Å². The normalized spacial score (nSPS) is 14.6. The molecule has 0 bridgehead atoms. The summed E-state index contributed by atoms with van der Waals surface area (Å²) in [6.45, 7) is 2.73. The molecule has 128 valence electrons. The topological polar surface area (TPSA) is 56.3 Å². The first-order valence-electron chi connectivity index (χ1n) is 8.79. The van der Waals surface area contributed by atoms with E-state index in [1.54, 1.807) is 0 Å². The summed E-state index contributed by atoms with van der Waals surface area (Å²) in [7, 11) is 1.85. The minimum Gasteiger partial charge on any atom is -0.356 e.